The van der Waals surface area contributed by atoms with Gasteiger partial charge in [0.1, 0.15) is 0 Å². The molecule has 2 aromatic heterocycles. The highest BCUT2D eigenvalue weighted by molar-refractivity contribution is 6.08. The first-order chi connectivity index (χ1) is 12.7. The van der Waals surface area contributed by atoms with Crippen molar-refractivity contribution in [1.82, 2.24) is 20.4 Å². The second-order valence-electron chi connectivity index (χ2n) is 5.69. The number of aromatic nitrogens is 4. The minimum Gasteiger partial charge on any atom is -0.421 e. The number of benzene rings is 2. The number of nitrogens with zero attached hydrogens (tertiary/aromatic N) is 3. The number of aromatic amines is 1. The standard InChI is InChI=1S/C19H15N5O2/c1-12-22-24-19(26-12)14-8-5-9-15(10-14)21-18(25)16-11-20-23-17(16)13-6-3-2-4-7-13/h2-11H,1H3,(H,20,23)(H,21,25). The molecule has 128 valence electrons. The van der Waals surface area contributed by atoms with Gasteiger partial charge in [0, 0.05) is 23.7 Å². The number of anilines is 1. The highest BCUT2D eigenvalue weighted by atomic mass is 16.4. The number of carbonyl (C=O) groups is 1. The van der Waals surface area contributed by atoms with Gasteiger partial charge in [0.25, 0.3) is 5.91 Å². The fraction of sp³-hybridized carbons (Fsp3) is 0.0526. The Hall–Kier alpha value is -3.74. The predicted octanol–water partition coefficient (Wildman–Crippen LogP) is 3.69. The van der Waals surface area contributed by atoms with Crippen LogP contribution in [0.25, 0.3) is 22.7 Å². The number of H-pyrrole nitrogens is 1. The molecular weight excluding hydrogens is 330 g/mol. The first kappa shape index (κ1) is 15.8. The van der Waals surface area contributed by atoms with Crippen LogP contribution in [0.3, 0.4) is 0 Å². The van der Waals surface area contributed by atoms with E-state index in [2.05, 4.69) is 25.7 Å². The minimum atomic E-state index is -0.253. The highest BCUT2D eigenvalue weighted by Crippen LogP contribution is 2.24. The Kier molecular flexibility index (Phi) is 4.03. The van der Waals surface area contributed by atoms with E-state index in [-0.39, 0.29) is 5.91 Å². The van der Waals surface area contributed by atoms with Crippen molar-refractivity contribution in [3.05, 3.63) is 72.2 Å². The van der Waals surface area contributed by atoms with Crippen LogP contribution in [0.1, 0.15) is 16.2 Å². The van der Waals surface area contributed by atoms with Crippen LogP contribution in [0.4, 0.5) is 5.69 Å². The van der Waals surface area contributed by atoms with E-state index in [1.807, 2.05) is 42.5 Å². The van der Waals surface area contributed by atoms with Gasteiger partial charge in [-0.3, -0.25) is 9.89 Å². The molecule has 7 heteroatoms. The fourth-order valence-corrected chi connectivity index (χ4v) is 2.62. The third-order valence-corrected chi connectivity index (χ3v) is 3.84. The Morgan fingerprint density at radius 2 is 1.85 bits per heavy atom. The molecule has 26 heavy (non-hydrogen) atoms. The maximum atomic E-state index is 12.7. The maximum absolute atomic E-state index is 12.7. The molecule has 0 bridgehead atoms. The van der Waals surface area contributed by atoms with E-state index in [1.54, 1.807) is 19.1 Å². The normalized spacial score (nSPS) is 10.7. The van der Waals surface area contributed by atoms with E-state index < -0.39 is 0 Å². The fourth-order valence-electron chi connectivity index (χ4n) is 2.62. The van der Waals surface area contributed by atoms with Crippen LogP contribution < -0.4 is 5.32 Å². The average molecular weight is 345 g/mol. The number of amides is 1. The van der Waals surface area contributed by atoms with Crippen LogP contribution in [0.2, 0.25) is 0 Å². The van der Waals surface area contributed by atoms with Crippen LogP contribution in [-0.4, -0.2) is 26.3 Å². The lowest BCUT2D eigenvalue weighted by Gasteiger charge is -2.07. The molecule has 4 rings (SSSR count). The molecule has 2 aromatic carbocycles. The molecule has 0 fully saturated rings. The van der Waals surface area contributed by atoms with Gasteiger partial charge >= 0.3 is 0 Å². The van der Waals surface area contributed by atoms with E-state index in [1.165, 1.54) is 6.20 Å². The summed E-state index contributed by atoms with van der Waals surface area (Å²) in [7, 11) is 0. The maximum Gasteiger partial charge on any atom is 0.259 e. The van der Waals surface area contributed by atoms with Gasteiger partial charge in [-0.15, -0.1) is 10.2 Å². The van der Waals surface area contributed by atoms with E-state index >= 15 is 0 Å². The van der Waals surface area contributed by atoms with Crippen molar-refractivity contribution in [3.63, 3.8) is 0 Å². The van der Waals surface area contributed by atoms with E-state index in [9.17, 15) is 4.79 Å². The lowest BCUT2D eigenvalue weighted by molar-refractivity contribution is 0.102. The highest BCUT2D eigenvalue weighted by Gasteiger charge is 2.16. The Labute approximate surface area is 149 Å². The number of rotatable bonds is 4. The Bertz CT molecular complexity index is 1050. The van der Waals surface area contributed by atoms with Gasteiger partial charge in [-0.25, -0.2) is 0 Å². The first-order valence-corrected chi connectivity index (χ1v) is 8.01. The molecular formula is C19H15N5O2. The molecule has 1 amide bonds. The van der Waals surface area contributed by atoms with Gasteiger partial charge in [0.2, 0.25) is 11.8 Å². The van der Waals surface area contributed by atoms with E-state index in [4.69, 9.17) is 4.42 Å². The second kappa shape index (κ2) is 6.64. The summed E-state index contributed by atoms with van der Waals surface area (Å²) < 4.78 is 5.43. The van der Waals surface area contributed by atoms with Crippen LogP contribution in [0, 0.1) is 6.92 Å². The smallest absolute Gasteiger partial charge is 0.259 e. The van der Waals surface area contributed by atoms with Crippen molar-refractivity contribution >= 4 is 11.6 Å². The summed E-state index contributed by atoms with van der Waals surface area (Å²) in [6, 6.07) is 16.8. The molecule has 0 unspecified atom stereocenters. The lowest BCUT2D eigenvalue weighted by Crippen LogP contribution is -2.12. The zero-order valence-electron chi connectivity index (χ0n) is 13.9. The van der Waals surface area contributed by atoms with Crippen LogP contribution >= 0.6 is 0 Å². The van der Waals surface area contributed by atoms with Crippen molar-refractivity contribution in [2.75, 3.05) is 5.32 Å². The minimum absolute atomic E-state index is 0.253. The van der Waals surface area contributed by atoms with Crippen molar-refractivity contribution in [3.8, 4) is 22.7 Å². The molecule has 0 saturated heterocycles. The summed E-state index contributed by atoms with van der Waals surface area (Å²) >= 11 is 0. The van der Waals surface area contributed by atoms with Gasteiger partial charge in [0.15, 0.2) is 0 Å². The topological polar surface area (TPSA) is 96.7 Å². The molecule has 0 aliphatic rings. The summed E-state index contributed by atoms with van der Waals surface area (Å²) in [5.41, 5.74) is 3.40. The largest absolute Gasteiger partial charge is 0.421 e. The average Bonchev–Trinajstić information content (AvgIpc) is 3.32. The molecule has 2 N–H and O–H groups in total. The van der Waals surface area contributed by atoms with Crippen molar-refractivity contribution in [1.29, 1.82) is 0 Å². The van der Waals surface area contributed by atoms with Gasteiger partial charge in [0.05, 0.1) is 17.5 Å². The Morgan fingerprint density at radius 3 is 2.62 bits per heavy atom. The Morgan fingerprint density at radius 1 is 1.04 bits per heavy atom. The van der Waals surface area contributed by atoms with Gasteiger partial charge in [-0.2, -0.15) is 5.10 Å². The van der Waals surface area contributed by atoms with Crippen molar-refractivity contribution in [2.24, 2.45) is 0 Å². The second-order valence-corrected chi connectivity index (χ2v) is 5.69. The SMILES string of the molecule is Cc1nnc(-c2cccc(NC(=O)c3cn[nH]c3-c3ccccc3)c2)o1. The quantitative estimate of drug-likeness (QED) is 0.588. The van der Waals surface area contributed by atoms with Gasteiger partial charge in [-0.1, -0.05) is 36.4 Å². The van der Waals surface area contributed by atoms with Crippen molar-refractivity contribution < 1.29 is 9.21 Å². The molecule has 0 aliphatic carbocycles. The predicted molar refractivity (Wildman–Crippen MR) is 96.4 cm³/mol. The molecule has 0 saturated carbocycles. The monoisotopic (exact) mass is 345 g/mol. The Balaban J connectivity index is 1.59. The number of aryl methyl sites for hydroxylation is 1. The molecule has 0 radical (unpaired) electrons. The van der Waals surface area contributed by atoms with E-state index in [0.29, 0.717) is 28.7 Å². The van der Waals surface area contributed by atoms with Gasteiger partial charge < -0.3 is 9.73 Å². The first-order valence-electron chi connectivity index (χ1n) is 8.01. The molecule has 2 heterocycles. The summed E-state index contributed by atoms with van der Waals surface area (Å²) in [6.45, 7) is 1.73. The summed E-state index contributed by atoms with van der Waals surface area (Å²) in [6.07, 6.45) is 1.52. The third kappa shape index (κ3) is 3.10. The summed E-state index contributed by atoms with van der Waals surface area (Å²) in [5, 5.41) is 17.6. The number of hydrogen-bond acceptors (Lipinski definition) is 5. The molecule has 0 spiro atoms. The zero-order valence-corrected chi connectivity index (χ0v) is 13.9. The van der Waals surface area contributed by atoms with Crippen LogP contribution in [0.15, 0.2) is 65.2 Å². The molecule has 7 nitrogen and oxygen atoms in total. The lowest BCUT2D eigenvalue weighted by atomic mass is 10.1. The third-order valence-electron chi connectivity index (χ3n) is 3.84. The zero-order chi connectivity index (χ0) is 17.9. The number of nitrogens with one attached hydrogen (secondary N) is 2. The van der Waals surface area contributed by atoms with Crippen LogP contribution in [0.5, 0.6) is 0 Å². The van der Waals surface area contributed by atoms with Crippen LogP contribution in [-0.2, 0) is 0 Å². The number of hydrogen-bond donors (Lipinski definition) is 2. The van der Waals surface area contributed by atoms with Crippen molar-refractivity contribution in [2.45, 2.75) is 6.92 Å². The van der Waals surface area contributed by atoms with Gasteiger partial charge in [-0.05, 0) is 18.2 Å². The van der Waals surface area contributed by atoms with E-state index in [0.717, 1.165) is 11.1 Å². The molecule has 0 atom stereocenters. The summed E-state index contributed by atoms with van der Waals surface area (Å²) in [4.78, 5) is 12.7. The molecule has 0 aliphatic heterocycles. The number of carbonyl (C=O) groups excluding carboxylic acids is 1. The molecule has 4 aromatic rings. The summed E-state index contributed by atoms with van der Waals surface area (Å²) in [5.74, 6) is 0.642.